The van der Waals surface area contributed by atoms with Crippen molar-refractivity contribution in [2.24, 2.45) is 0 Å². The predicted molar refractivity (Wildman–Crippen MR) is 104 cm³/mol. The number of fused-ring (bicyclic) bond motifs is 1. The summed E-state index contributed by atoms with van der Waals surface area (Å²) in [7, 11) is 0. The summed E-state index contributed by atoms with van der Waals surface area (Å²) < 4.78 is 11.0. The fourth-order valence-corrected chi connectivity index (χ4v) is 3.43. The Bertz CT molecular complexity index is 1100. The van der Waals surface area contributed by atoms with Crippen LogP contribution in [0.15, 0.2) is 63.8 Å². The molecule has 8 nitrogen and oxygen atoms in total. The highest BCUT2D eigenvalue weighted by Gasteiger charge is 2.31. The summed E-state index contributed by atoms with van der Waals surface area (Å²) >= 11 is 0. The standard InChI is InChI=1S/C21H19N3O5/c1-14-11-16-9-5-6-10-17(16)24(14)18(25)13-28-19(26)12-23-21(27)29-20(22-23)15-7-3-2-4-8-15/h2-10,14H,11-13H2,1H3/t14-/m0/s1. The van der Waals surface area contributed by atoms with Crippen LogP contribution in [0.25, 0.3) is 11.5 Å². The van der Waals surface area contributed by atoms with Gasteiger partial charge in [0.15, 0.2) is 6.61 Å². The molecule has 0 N–H and O–H groups in total. The van der Waals surface area contributed by atoms with Crippen LogP contribution in [0.3, 0.4) is 0 Å². The number of carbonyl (C=O) groups is 2. The predicted octanol–water partition coefficient (Wildman–Crippen LogP) is 2.02. The van der Waals surface area contributed by atoms with Crippen molar-refractivity contribution in [3.8, 4) is 11.5 Å². The first-order chi connectivity index (χ1) is 14.0. The highest BCUT2D eigenvalue weighted by molar-refractivity contribution is 5.97. The van der Waals surface area contributed by atoms with Gasteiger partial charge < -0.3 is 14.1 Å². The van der Waals surface area contributed by atoms with Crippen molar-refractivity contribution in [3.05, 3.63) is 70.7 Å². The van der Waals surface area contributed by atoms with Crippen molar-refractivity contribution >= 4 is 17.6 Å². The maximum Gasteiger partial charge on any atom is 0.437 e. The molecular formula is C21H19N3O5. The zero-order valence-electron chi connectivity index (χ0n) is 15.8. The molecule has 0 fully saturated rings. The van der Waals surface area contributed by atoms with Crippen molar-refractivity contribution in [1.82, 2.24) is 9.78 Å². The van der Waals surface area contributed by atoms with Crippen LogP contribution in [-0.2, 0) is 27.3 Å². The van der Waals surface area contributed by atoms with E-state index in [0.717, 1.165) is 22.4 Å². The number of rotatable bonds is 5. The zero-order valence-corrected chi connectivity index (χ0v) is 15.8. The van der Waals surface area contributed by atoms with Crippen LogP contribution >= 0.6 is 0 Å². The molecule has 3 aromatic rings. The molecular weight excluding hydrogens is 374 g/mol. The number of benzene rings is 2. The Labute approximate surface area is 166 Å². The summed E-state index contributed by atoms with van der Waals surface area (Å²) in [4.78, 5) is 38.3. The molecule has 4 rings (SSSR count). The molecule has 0 radical (unpaired) electrons. The van der Waals surface area contributed by atoms with E-state index in [1.165, 1.54) is 0 Å². The fourth-order valence-electron chi connectivity index (χ4n) is 3.43. The van der Waals surface area contributed by atoms with E-state index >= 15 is 0 Å². The van der Waals surface area contributed by atoms with Gasteiger partial charge in [0.1, 0.15) is 6.54 Å². The van der Waals surface area contributed by atoms with Gasteiger partial charge in [-0.15, -0.1) is 5.10 Å². The molecule has 0 bridgehead atoms. The van der Waals surface area contributed by atoms with Crippen LogP contribution < -0.4 is 10.7 Å². The van der Waals surface area contributed by atoms with Gasteiger partial charge in [-0.25, -0.2) is 4.79 Å². The summed E-state index contributed by atoms with van der Waals surface area (Å²) in [5.74, 6) is -1.71. The number of carbonyl (C=O) groups excluding carboxylic acids is 2. The number of hydrogen-bond acceptors (Lipinski definition) is 6. The highest BCUT2D eigenvalue weighted by Crippen LogP contribution is 2.31. The number of para-hydroxylation sites is 1. The smallest absolute Gasteiger partial charge is 0.437 e. The summed E-state index contributed by atoms with van der Waals surface area (Å²) in [5.41, 5.74) is 2.54. The maximum atomic E-state index is 12.6. The number of anilines is 1. The van der Waals surface area contributed by atoms with E-state index in [9.17, 15) is 14.4 Å². The maximum absolute atomic E-state index is 12.6. The molecule has 0 saturated heterocycles. The molecule has 0 aliphatic carbocycles. The number of hydrogen-bond donors (Lipinski definition) is 0. The number of ether oxygens (including phenoxy) is 1. The van der Waals surface area contributed by atoms with Gasteiger partial charge in [-0.05, 0) is 37.1 Å². The van der Waals surface area contributed by atoms with Gasteiger partial charge in [-0.1, -0.05) is 36.4 Å². The molecule has 0 spiro atoms. The second-order valence-corrected chi connectivity index (χ2v) is 6.80. The van der Waals surface area contributed by atoms with Gasteiger partial charge in [-0.3, -0.25) is 9.59 Å². The molecule has 1 aliphatic heterocycles. The second-order valence-electron chi connectivity index (χ2n) is 6.80. The van der Waals surface area contributed by atoms with Crippen molar-refractivity contribution < 1.29 is 18.7 Å². The van der Waals surface area contributed by atoms with Gasteiger partial charge in [0.2, 0.25) is 5.89 Å². The molecule has 0 unspecified atom stereocenters. The normalized spacial score (nSPS) is 15.2. The second kappa shape index (κ2) is 7.75. The van der Waals surface area contributed by atoms with Crippen molar-refractivity contribution in [3.63, 3.8) is 0 Å². The monoisotopic (exact) mass is 393 g/mol. The van der Waals surface area contributed by atoms with Crippen LogP contribution in [-0.4, -0.2) is 34.3 Å². The van der Waals surface area contributed by atoms with Gasteiger partial charge in [-0.2, -0.15) is 4.68 Å². The Morgan fingerprint density at radius 2 is 1.86 bits per heavy atom. The van der Waals surface area contributed by atoms with Crippen LogP contribution in [0.2, 0.25) is 0 Å². The molecule has 1 aromatic heterocycles. The summed E-state index contributed by atoms with van der Waals surface area (Å²) in [6.45, 7) is 1.10. The molecule has 0 saturated carbocycles. The molecule has 148 valence electrons. The lowest BCUT2D eigenvalue weighted by Gasteiger charge is -2.22. The topological polar surface area (TPSA) is 94.6 Å². The van der Waals surface area contributed by atoms with Gasteiger partial charge in [0.05, 0.1) is 0 Å². The first-order valence-electron chi connectivity index (χ1n) is 9.22. The Morgan fingerprint density at radius 1 is 1.14 bits per heavy atom. The molecule has 1 atom stereocenters. The van der Waals surface area contributed by atoms with Gasteiger partial charge >= 0.3 is 11.7 Å². The average molecular weight is 393 g/mol. The van der Waals surface area contributed by atoms with Crippen LogP contribution in [0.4, 0.5) is 5.69 Å². The van der Waals surface area contributed by atoms with E-state index in [-0.39, 0.29) is 17.8 Å². The minimum atomic E-state index is -0.769. The number of amides is 1. The third-order valence-electron chi connectivity index (χ3n) is 4.74. The highest BCUT2D eigenvalue weighted by atomic mass is 16.5. The Morgan fingerprint density at radius 3 is 2.66 bits per heavy atom. The van der Waals surface area contributed by atoms with Crippen molar-refractivity contribution in [1.29, 1.82) is 0 Å². The number of aromatic nitrogens is 2. The lowest BCUT2D eigenvalue weighted by molar-refractivity contribution is -0.148. The molecule has 2 heterocycles. The first kappa shape index (κ1) is 18.7. The minimum Gasteiger partial charge on any atom is -0.454 e. The molecule has 8 heteroatoms. The summed E-state index contributed by atoms with van der Waals surface area (Å²) in [6, 6.07) is 16.5. The fraction of sp³-hybridized carbons (Fsp3) is 0.238. The van der Waals surface area contributed by atoms with Gasteiger partial charge in [0, 0.05) is 17.3 Å². The van der Waals surface area contributed by atoms with E-state index < -0.39 is 24.9 Å². The minimum absolute atomic E-state index is 0.00908. The average Bonchev–Trinajstić information content (AvgIpc) is 3.26. The van der Waals surface area contributed by atoms with Crippen LogP contribution in [0.5, 0.6) is 0 Å². The quantitative estimate of drug-likeness (QED) is 0.616. The molecule has 1 aliphatic rings. The lowest BCUT2D eigenvalue weighted by atomic mass is 10.1. The Hall–Kier alpha value is -3.68. The summed E-state index contributed by atoms with van der Waals surface area (Å²) in [5, 5.41) is 4.01. The van der Waals surface area contributed by atoms with E-state index in [0.29, 0.717) is 5.56 Å². The molecule has 29 heavy (non-hydrogen) atoms. The van der Waals surface area contributed by atoms with Crippen LogP contribution in [0.1, 0.15) is 12.5 Å². The Balaban J connectivity index is 1.38. The van der Waals surface area contributed by atoms with E-state index in [1.54, 1.807) is 29.2 Å². The van der Waals surface area contributed by atoms with E-state index in [1.807, 2.05) is 37.3 Å². The van der Waals surface area contributed by atoms with Crippen LogP contribution in [0, 0.1) is 0 Å². The van der Waals surface area contributed by atoms with E-state index in [2.05, 4.69) is 5.10 Å². The summed E-state index contributed by atoms with van der Waals surface area (Å²) in [6.07, 6.45) is 0.756. The first-order valence-corrected chi connectivity index (χ1v) is 9.22. The number of esters is 1. The number of nitrogens with zero attached hydrogens (tertiary/aromatic N) is 3. The SMILES string of the molecule is C[C@H]1Cc2ccccc2N1C(=O)COC(=O)Cn1nc(-c2ccccc2)oc1=O. The third kappa shape index (κ3) is 3.82. The zero-order chi connectivity index (χ0) is 20.4. The van der Waals surface area contributed by atoms with Gasteiger partial charge in [0.25, 0.3) is 5.91 Å². The largest absolute Gasteiger partial charge is 0.454 e. The Kier molecular flexibility index (Phi) is 4.99. The lowest BCUT2D eigenvalue weighted by Crippen LogP contribution is -2.39. The van der Waals surface area contributed by atoms with E-state index in [4.69, 9.17) is 9.15 Å². The molecule has 2 aromatic carbocycles. The third-order valence-corrected chi connectivity index (χ3v) is 4.74. The van der Waals surface area contributed by atoms with Crippen molar-refractivity contribution in [2.75, 3.05) is 11.5 Å². The van der Waals surface area contributed by atoms with Crippen molar-refractivity contribution in [2.45, 2.75) is 25.9 Å². The molecule has 1 amide bonds.